The fourth-order valence-electron chi connectivity index (χ4n) is 2.21. The second-order valence-corrected chi connectivity index (χ2v) is 5.23. The molecule has 6 nitrogen and oxygen atoms in total. The van der Waals surface area contributed by atoms with Gasteiger partial charge in [-0.05, 0) is 26.0 Å². The van der Waals surface area contributed by atoms with Crippen molar-refractivity contribution < 1.29 is 9.59 Å². The van der Waals surface area contributed by atoms with Crippen LogP contribution < -0.4 is 9.80 Å². The predicted molar refractivity (Wildman–Crippen MR) is 75.9 cm³/mol. The van der Waals surface area contributed by atoms with Gasteiger partial charge in [-0.3, -0.25) is 9.69 Å². The summed E-state index contributed by atoms with van der Waals surface area (Å²) in [6.45, 7) is 3.45. The van der Waals surface area contributed by atoms with E-state index < -0.39 is 6.04 Å². The number of rotatable bonds is 2. The van der Waals surface area contributed by atoms with E-state index in [2.05, 4.69) is 9.59 Å². The highest BCUT2D eigenvalue weighted by Gasteiger charge is 2.45. The smallest absolute Gasteiger partial charge is 0.281 e. The van der Waals surface area contributed by atoms with Gasteiger partial charge in [0.25, 0.3) is 5.91 Å². The molecule has 1 aliphatic heterocycles. The Morgan fingerprint density at radius 2 is 1.90 bits per heavy atom. The van der Waals surface area contributed by atoms with Crippen LogP contribution in [0, 0.1) is 6.92 Å². The van der Waals surface area contributed by atoms with Gasteiger partial charge >= 0.3 is 6.03 Å². The fourth-order valence-corrected chi connectivity index (χ4v) is 2.87. The lowest BCUT2D eigenvalue weighted by Crippen LogP contribution is -2.33. The third-order valence-electron chi connectivity index (χ3n) is 3.23. The van der Waals surface area contributed by atoms with Crippen molar-refractivity contribution in [2.75, 3.05) is 9.80 Å². The van der Waals surface area contributed by atoms with Crippen molar-refractivity contribution in [2.45, 2.75) is 19.9 Å². The summed E-state index contributed by atoms with van der Waals surface area (Å²) in [4.78, 5) is 27.6. The molecule has 0 radical (unpaired) electrons. The van der Waals surface area contributed by atoms with Gasteiger partial charge in [-0.2, -0.15) is 0 Å². The van der Waals surface area contributed by atoms with Gasteiger partial charge in [0.1, 0.15) is 6.04 Å². The summed E-state index contributed by atoms with van der Waals surface area (Å²) in [7, 11) is 0. The standard InChI is InChI=1S/C13H12N4O2S/c1-8-12(20-15-14-8)17-11(18)9(2)16(13(17)19)10-6-4-3-5-7-10/h3-7,9H,1-2H3. The molecule has 3 rings (SSSR count). The van der Waals surface area contributed by atoms with Crippen molar-refractivity contribution in [3.63, 3.8) is 0 Å². The van der Waals surface area contributed by atoms with E-state index in [9.17, 15) is 9.59 Å². The molecule has 0 aliphatic carbocycles. The molecule has 0 saturated carbocycles. The summed E-state index contributed by atoms with van der Waals surface area (Å²) in [5.74, 6) is -0.256. The van der Waals surface area contributed by atoms with Crippen molar-refractivity contribution in [2.24, 2.45) is 0 Å². The Morgan fingerprint density at radius 1 is 1.20 bits per heavy atom. The van der Waals surface area contributed by atoms with Crippen molar-refractivity contribution in [3.05, 3.63) is 36.0 Å². The Kier molecular flexibility index (Phi) is 2.98. The SMILES string of the molecule is Cc1nnsc1N1C(=O)C(C)N(c2ccccc2)C1=O. The minimum Gasteiger partial charge on any atom is -0.281 e. The number of hydrogen-bond acceptors (Lipinski definition) is 5. The first-order valence-electron chi connectivity index (χ1n) is 6.12. The Labute approximate surface area is 119 Å². The van der Waals surface area contributed by atoms with E-state index in [1.807, 2.05) is 30.3 Å². The second kappa shape index (κ2) is 4.68. The summed E-state index contributed by atoms with van der Waals surface area (Å²) in [6, 6.07) is 8.26. The van der Waals surface area contributed by atoms with Crippen LogP contribution in [-0.4, -0.2) is 27.6 Å². The van der Waals surface area contributed by atoms with E-state index in [-0.39, 0.29) is 11.9 Å². The Bertz CT molecular complexity index is 670. The summed E-state index contributed by atoms with van der Waals surface area (Å²) < 4.78 is 3.79. The molecule has 102 valence electrons. The molecule has 1 unspecified atom stereocenters. The highest BCUT2D eigenvalue weighted by Crippen LogP contribution is 2.32. The van der Waals surface area contributed by atoms with Crippen LogP contribution in [0.15, 0.2) is 30.3 Å². The van der Waals surface area contributed by atoms with Gasteiger partial charge in [0.05, 0.1) is 5.69 Å². The molecule has 1 atom stereocenters. The number of imide groups is 1. The minimum atomic E-state index is -0.536. The fraction of sp³-hybridized carbons (Fsp3) is 0.231. The zero-order chi connectivity index (χ0) is 14.3. The van der Waals surface area contributed by atoms with E-state index >= 15 is 0 Å². The Hall–Kier alpha value is -2.28. The molecule has 7 heteroatoms. The van der Waals surface area contributed by atoms with E-state index in [0.717, 1.165) is 16.4 Å². The highest BCUT2D eigenvalue weighted by molar-refractivity contribution is 7.10. The molecule has 2 heterocycles. The maximum atomic E-state index is 12.6. The van der Waals surface area contributed by atoms with Gasteiger partial charge in [0.15, 0.2) is 5.00 Å². The molecule has 0 N–H and O–H groups in total. The molecule has 1 aliphatic rings. The third-order valence-corrected chi connectivity index (χ3v) is 4.04. The van der Waals surface area contributed by atoms with Gasteiger partial charge in [-0.1, -0.05) is 22.7 Å². The number of para-hydroxylation sites is 1. The topological polar surface area (TPSA) is 66.4 Å². The summed E-state index contributed by atoms with van der Waals surface area (Å²) in [5, 5.41) is 4.35. The first kappa shape index (κ1) is 12.7. The van der Waals surface area contributed by atoms with Crippen molar-refractivity contribution >= 4 is 34.2 Å². The summed E-state index contributed by atoms with van der Waals surface area (Å²) in [6.07, 6.45) is 0. The van der Waals surface area contributed by atoms with Crippen LogP contribution >= 0.6 is 11.5 Å². The third kappa shape index (κ3) is 1.78. The average Bonchev–Trinajstić information content (AvgIpc) is 2.94. The van der Waals surface area contributed by atoms with Crippen molar-refractivity contribution in [3.8, 4) is 0 Å². The first-order valence-corrected chi connectivity index (χ1v) is 6.89. The molecular weight excluding hydrogens is 276 g/mol. The summed E-state index contributed by atoms with van der Waals surface area (Å²) >= 11 is 1.05. The van der Waals surface area contributed by atoms with Gasteiger partial charge < -0.3 is 0 Å². The minimum absolute atomic E-state index is 0.256. The Balaban J connectivity index is 2.03. The average molecular weight is 288 g/mol. The van der Waals surface area contributed by atoms with Crippen LogP contribution in [-0.2, 0) is 4.79 Å². The van der Waals surface area contributed by atoms with E-state index in [0.29, 0.717) is 16.4 Å². The van der Waals surface area contributed by atoms with Crippen LogP contribution in [0.1, 0.15) is 12.6 Å². The molecule has 1 aromatic carbocycles. The zero-order valence-electron chi connectivity index (χ0n) is 11.0. The second-order valence-electron chi connectivity index (χ2n) is 4.50. The zero-order valence-corrected chi connectivity index (χ0v) is 11.8. The molecule has 20 heavy (non-hydrogen) atoms. The van der Waals surface area contributed by atoms with Gasteiger partial charge in [0, 0.05) is 17.2 Å². The number of amides is 3. The lowest BCUT2D eigenvalue weighted by Gasteiger charge is -2.18. The van der Waals surface area contributed by atoms with Crippen LogP contribution in [0.25, 0.3) is 0 Å². The summed E-state index contributed by atoms with van der Waals surface area (Å²) in [5.41, 5.74) is 1.29. The normalized spacial score (nSPS) is 19.0. The van der Waals surface area contributed by atoms with Crippen molar-refractivity contribution in [1.82, 2.24) is 9.59 Å². The molecule has 1 fully saturated rings. The van der Waals surface area contributed by atoms with Crippen LogP contribution in [0.2, 0.25) is 0 Å². The number of carbonyl (C=O) groups is 2. The monoisotopic (exact) mass is 288 g/mol. The lowest BCUT2D eigenvalue weighted by molar-refractivity contribution is -0.117. The Morgan fingerprint density at radius 3 is 2.50 bits per heavy atom. The van der Waals surface area contributed by atoms with Gasteiger partial charge in [0.2, 0.25) is 0 Å². The van der Waals surface area contributed by atoms with Crippen LogP contribution in [0.4, 0.5) is 15.5 Å². The molecule has 2 aromatic rings. The van der Waals surface area contributed by atoms with Gasteiger partial charge in [-0.15, -0.1) is 5.10 Å². The number of carbonyl (C=O) groups excluding carboxylic acids is 2. The lowest BCUT2D eigenvalue weighted by atomic mass is 10.2. The van der Waals surface area contributed by atoms with Crippen molar-refractivity contribution in [1.29, 1.82) is 0 Å². The predicted octanol–water partition coefficient (Wildman–Crippen LogP) is 2.21. The molecule has 1 aromatic heterocycles. The first-order chi connectivity index (χ1) is 9.61. The number of aromatic nitrogens is 2. The molecular formula is C13H12N4O2S. The molecule has 3 amide bonds. The van der Waals surface area contributed by atoms with Crippen LogP contribution in [0.3, 0.4) is 0 Å². The number of benzene rings is 1. The highest BCUT2D eigenvalue weighted by atomic mass is 32.1. The van der Waals surface area contributed by atoms with Crippen LogP contribution in [0.5, 0.6) is 0 Å². The number of nitrogens with zero attached hydrogens (tertiary/aromatic N) is 4. The molecule has 0 bridgehead atoms. The number of hydrogen-bond donors (Lipinski definition) is 0. The van der Waals surface area contributed by atoms with E-state index in [4.69, 9.17) is 0 Å². The largest absolute Gasteiger partial charge is 0.337 e. The van der Waals surface area contributed by atoms with E-state index in [1.54, 1.807) is 13.8 Å². The van der Waals surface area contributed by atoms with E-state index in [1.165, 1.54) is 4.90 Å². The molecule has 1 saturated heterocycles. The maximum absolute atomic E-state index is 12.6. The number of aryl methyl sites for hydroxylation is 1. The van der Waals surface area contributed by atoms with Gasteiger partial charge in [-0.25, -0.2) is 9.69 Å². The maximum Gasteiger partial charge on any atom is 0.337 e. The molecule has 0 spiro atoms. The number of urea groups is 1. The number of anilines is 2. The quantitative estimate of drug-likeness (QED) is 0.795.